The van der Waals surface area contributed by atoms with Gasteiger partial charge in [0.1, 0.15) is 17.1 Å². The molecule has 0 radical (unpaired) electrons. The summed E-state index contributed by atoms with van der Waals surface area (Å²) in [6, 6.07) is 9.31. The fraction of sp³-hybridized carbons (Fsp3) is 0.480. The molecule has 0 saturated carbocycles. The summed E-state index contributed by atoms with van der Waals surface area (Å²) in [5.74, 6) is -2.22. The Labute approximate surface area is 213 Å². The summed E-state index contributed by atoms with van der Waals surface area (Å²) >= 11 is 0. The number of benzene rings is 2. The lowest BCUT2D eigenvalue weighted by Gasteiger charge is -2.41. The van der Waals surface area contributed by atoms with Gasteiger partial charge in [-0.2, -0.15) is 13.2 Å². The molecule has 2 heterocycles. The summed E-state index contributed by atoms with van der Waals surface area (Å²) < 4.78 is 84.3. The van der Waals surface area contributed by atoms with Gasteiger partial charge in [-0.05, 0) is 82.0 Å². The number of carbonyl (C=O) groups is 1. The number of amides is 1. The molecule has 2 N–H and O–H groups in total. The van der Waals surface area contributed by atoms with Gasteiger partial charge in [-0.3, -0.25) is 9.52 Å². The normalized spacial score (nSPS) is 22.0. The lowest BCUT2D eigenvalue weighted by molar-refractivity contribution is -0.144. The van der Waals surface area contributed by atoms with E-state index < -0.39 is 44.8 Å². The predicted molar refractivity (Wildman–Crippen MR) is 131 cm³/mol. The third-order valence-corrected chi connectivity index (χ3v) is 7.30. The molecule has 4 rings (SSSR count). The molecule has 37 heavy (non-hydrogen) atoms. The Morgan fingerprint density at radius 2 is 1.62 bits per heavy atom. The van der Waals surface area contributed by atoms with E-state index in [-0.39, 0.29) is 18.1 Å². The van der Waals surface area contributed by atoms with Crippen molar-refractivity contribution in [1.29, 1.82) is 0 Å². The molecule has 2 saturated heterocycles. The quantitative estimate of drug-likeness (QED) is 0.495. The number of hydrogen-bond acceptors (Lipinski definition) is 5. The first-order valence-corrected chi connectivity index (χ1v) is 13.7. The van der Waals surface area contributed by atoms with Crippen LogP contribution in [0.5, 0.6) is 5.75 Å². The molecule has 2 bridgehead atoms. The van der Waals surface area contributed by atoms with Gasteiger partial charge in [-0.1, -0.05) is 0 Å². The van der Waals surface area contributed by atoms with Crippen LogP contribution in [0.1, 0.15) is 45.1 Å². The number of anilines is 2. The second-order valence-electron chi connectivity index (χ2n) is 10.1. The summed E-state index contributed by atoms with van der Waals surface area (Å²) in [5, 5.41) is 2.93. The molecule has 2 aromatic rings. The number of nitrogens with one attached hydrogen (secondary N) is 2. The first-order valence-electron chi connectivity index (χ1n) is 11.9. The molecule has 2 aromatic carbocycles. The van der Waals surface area contributed by atoms with Crippen molar-refractivity contribution >= 4 is 27.3 Å². The van der Waals surface area contributed by atoms with Crippen LogP contribution in [0.25, 0.3) is 0 Å². The van der Waals surface area contributed by atoms with Gasteiger partial charge in [0.15, 0.2) is 5.60 Å². The number of hydrogen-bond donors (Lipinski definition) is 2. The van der Waals surface area contributed by atoms with Crippen LogP contribution in [0.4, 0.5) is 28.9 Å². The molecule has 0 unspecified atom stereocenters. The number of piperidine rings is 1. The van der Waals surface area contributed by atoms with Crippen LogP contribution in [0, 0.1) is 5.82 Å². The van der Waals surface area contributed by atoms with Crippen LogP contribution in [-0.4, -0.2) is 44.3 Å². The van der Waals surface area contributed by atoms with Crippen molar-refractivity contribution in [1.82, 2.24) is 5.32 Å². The smallest absolute Gasteiger partial charge is 0.420 e. The molecule has 2 aliphatic heterocycles. The van der Waals surface area contributed by atoms with Crippen LogP contribution < -0.4 is 19.7 Å². The fourth-order valence-corrected chi connectivity index (χ4v) is 5.69. The van der Waals surface area contributed by atoms with Crippen LogP contribution in [0.15, 0.2) is 42.5 Å². The number of carbonyl (C=O) groups excluding carboxylic acids is 1. The Morgan fingerprint density at radius 1 is 1.03 bits per heavy atom. The summed E-state index contributed by atoms with van der Waals surface area (Å²) in [7, 11) is -3.37. The molecule has 2 aliphatic rings. The Hall–Kier alpha value is -3.02. The second-order valence-corrected chi connectivity index (χ2v) is 11.9. The Kier molecular flexibility index (Phi) is 7.08. The van der Waals surface area contributed by atoms with E-state index in [0.717, 1.165) is 36.9 Å². The Balaban J connectivity index is 1.41. The predicted octanol–water partition coefficient (Wildman–Crippen LogP) is 4.69. The minimum atomic E-state index is -4.84. The molecule has 7 nitrogen and oxygen atoms in total. The lowest BCUT2D eigenvalue weighted by atomic mass is 9.95. The molecule has 0 spiro atoms. The van der Waals surface area contributed by atoms with Gasteiger partial charge in [0.2, 0.25) is 10.0 Å². The zero-order valence-electron chi connectivity index (χ0n) is 20.6. The number of fused-ring (bicyclic) bond motifs is 2. The largest absolute Gasteiger partial charge is 0.477 e. The Bertz CT molecular complexity index is 1250. The number of alkyl halides is 3. The second kappa shape index (κ2) is 9.70. The van der Waals surface area contributed by atoms with Gasteiger partial charge in [0.05, 0.1) is 6.26 Å². The maximum Gasteiger partial charge on any atom is 0.420 e. The highest BCUT2D eigenvalue weighted by molar-refractivity contribution is 7.92. The topological polar surface area (TPSA) is 87.7 Å². The minimum absolute atomic E-state index is 0.149. The number of ether oxygens (including phenoxy) is 1. The van der Waals surface area contributed by atoms with Crippen molar-refractivity contribution in [3.05, 3.63) is 53.8 Å². The first-order chi connectivity index (χ1) is 17.1. The molecule has 0 aliphatic carbocycles. The van der Waals surface area contributed by atoms with Gasteiger partial charge < -0.3 is 15.0 Å². The fourth-order valence-electron chi connectivity index (χ4n) is 5.13. The van der Waals surface area contributed by atoms with E-state index in [0.29, 0.717) is 24.6 Å². The van der Waals surface area contributed by atoms with Crippen molar-refractivity contribution in [2.45, 2.75) is 69.4 Å². The standard InChI is InChI=1S/C25H29F4N3O4S/c1-24(2,36-22-11-4-15(26)12-21(22)25(27,28)29)23(33)30-17-13-19-9-10-20(14-17)32(19)18-7-5-16(6-8-18)31-37(3,34)35/h4-8,11-12,17,19-20,31H,9-10,13-14H2,1-3H3,(H,30,33)/t17-,19+,20-. The summed E-state index contributed by atoms with van der Waals surface area (Å²) in [4.78, 5) is 15.3. The van der Waals surface area contributed by atoms with Crippen molar-refractivity contribution in [2.24, 2.45) is 0 Å². The maximum absolute atomic E-state index is 13.4. The zero-order valence-corrected chi connectivity index (χ0v) is 21.4. The van der Waals surface area contributed by atoms with Crippen molar-refractivity contribution in [2.75, 3.05) is 15.9 Å². The van der Waals surface area contributed by atoms with E-state index >= 15 is 0 Å². The first kappa shape index (κ1) is 27.0. The van der Waals surface area contributed by atoms with Crippen molar-refractivity contribution in [3.63, 3.8) is 0 Å². The molecule has 1 amide bonds. The molecule has 2 fully saturated rings. The molecular formula is C25H29F4N3O4S. The number of sulfonamides is 1. The SMILES string of the molecule is CC(C)(Oc1ccc(F)cc1C(F)(F)F)C(=O)N[C@H]1C[C@H]2CC[C@@H](C1)N2c1ccc(NS(C)(=O)=O)cc1. The summed E-state index contributed by atoms with van der Waals surface area (Å²) in [6.45, 7) is 2.75. The van der Waals surface area contributed by atoms with Gasteiger partial charge in [0, 0.05) is 29.5 Å². The molecule has 202 valence electrons. The lowest BCUT2D eigenvalue weighted by Crippen LogP contribution is -2.55. The Morgan fingerprint density at radius 3 is 2.16 bits per heavy atom. The van der Waals surface area contributed by atoms with Gasteiger partial charge >= 0.3 is 6.18 Å². The van der Waals surface area contributed by atoms with Crippen LogP contribution in [0.2, 0.25) is 0 Å². The highest BCUT2D eigenvalue weighted by atomic mass is 32.2. The third-order valence-electron chi connectivity index (χ3n) is 6.70. The van der Waals surface area contributed by atoms with E-state index in [4.69, 9.17) is 4.74 Å². The van der Waals surface area contributed by atoms with E-state index in [2.05, 4.69) is 14.9 Å². The van der Waals surface area contributed by atoms with E-state index in [1.54, 1.807) is 12.1 Å². The van der Waals surface area contributed by atoms with Crippen molar-refractivity contribution in [3.8, 4) is 5.75 Å². The van der Waals surface area contributed by atoms with Gasteiger partial charge in [-0.15, -0.1) is 0 Å². The zero-order chi connectivity index (χ0) is 27.2. The molecule has 3 atom stereocenters. The average molecular weight is 544 g/mol. The van der Waals surface area contributed by atoms with E-state index in [1.165, 1.54) is 13.8 Å². The number of rotatable bonds is 7. The summed E-state index contributed by atoms with van der Waals surface area (Å²) in [6.07, 6.45) is -0.621. The molecule has 12 heteroatoms. The van der Waals surface area contributed by atoms with Crippen LogP contribution in [0.3, 0.4) is 0 Å². The maximum atomic E-state index is 13.4. The van der Waals surface area contributed by atoms with Crippen LogP contribution >= 0.6 is 0 Å². The highest BCUT2D eigenvalue weighted by Crippen LogP contribution is 2.41. The molecular weight excluding hydrogens is 514 g/mol. The minimum Gasteiger partial charge on any atom is -0.477 e. The van der Waals surface area contributed by atoms with E-state index in [9.17, 15) is 30.8 Å². The third kappa shape index (κ3) is 6.28. The van der Waals surface area contributed by atoms with Gasteiger partial charge in [-0.25, -0.2) is 12.8 Å². The molecule has 0 aromatic heterocycles. The van der Waals surface area contributed by atoms with Crippen LogP contribution in [-0.2, 0) is 21.0 Å². The number of nitrogens with zero attached hydrogens (tertiary/aromatic N) is 1. The monoisotopic (exact) mass is 543 g/mol. The van der Waals surface area contributed by atoms with Gasteiger partial charge in [0.25, 0.3) is 5.91 Å². The highest BCUT2D eigenvalue weighted by Gasteiger charge is 2.43. The van der Waals surface area contributed by atoms with Crippen molar-refractivity contribution < 1.29 is 35.5 Å². The summed E-state index contributed by atoms with van der Waals surface area (Å²) in [5.41, 5.74) is -1.48. The average Bonchev–Trinajstić information content (AvgIpc) is 3.03. The number of halogens is 4. The van der Waals surface area contributed by atoms with E-state index in [1.807, 2.05) is 12.1 Å².